The summed E-state index contributed by atoms with van der Waals surface area (Å²) in [5, 5.41) is 4.91. The number of methoxy groups -OCH3 is 1. The van der Waals surface area contributed by atoms with Crippen molar-refractivity contribution in [2.45, 2.75) is 65.2 Å². The molecule has 0 N–H and O–H groups in total. The van der Waals surface area contributed by atoms with Crippen LogP contribution in [-0.2, 0) is 17.3 Å². The van der Waals surface area contributed by atoms with Crippen LogP contribution in [0.1, 0.15) is 75.8 Å². The summed E-state index contributed by atoms with van der Waals surface area (Å²) in [6, 6.07) is 55.5. The van der Waals surface area contributed by atoms with Crippen molar-refractivity contribution in [3.8, 4) is 61.4 Å². The van der Waals surface area contributed by atoms with Crippen LogP contribution in [0.2, 0.25) is 0 Å². The summed E-state index contributed by atoms with van der Waals surface area (Å²) in [5.74, 6) is 1.53. The van der Waals surface area contributed by atoms with Crippen LogP contribution >= 0.6 is 0 Å². The van der Waals surface area contributed by atoms with Gasteiger partial charge < -0.3 is 4.74 Å². The molecule has 0 fully saturated rings. The summed E-state index contributed by atoms with van der Waals surface area (Å²) in [7, 11) is 1.72. The Balaban J connectivity index is 0.957. The van der Waals surface area contributed by atoms with E-state index in [-0.39, 0.29) is 10.8 Å². The SMILES string of the molecule is CCC1(C)c2cc(-c3ccc4c(c3)C(C)(C)c3cc(CC(C)C)ccc3-4)ccc2-c2ccc(-c3ccc4cc(-c5ccc6cc(OC)ccc6c5)ccc4c3)cc21. The fraction of sp³-hybridized carbons (Fsp3) is 0.214. The zero-order valence-corrected chi connectivity index (χ0v) is 34.3. The van der Waals surface area contributed by atoms with E-state index in [4.69, 9.17) is 4.74 Å². The first-order valence-electron chi connectivity index (χ1n) is 20.7. The lowest BCUT2D eigenvalue weighted by atomic mass is 9.76. The van der Waals surface area contributed by atoms with Gasteiger partial charge in [0.25, 0.3) is 0 Å². The van der Waals surface area contributed by atoms with Crippen molar-refractivity contribution in [2.75, 3.05) is 7.11 Å². The van der Waals surface area contributed by atoms with Crippen LogP contribution in [0, 0.1) is 5.92 Å². The van der Waals surface area contributed by atoms with E-state index in [0.29, 0.717) is 5.92 Å². The molecule has 1 atom stereocenters. The Labute approximate surface area is 338 Å². The minimum atomic E-state index is -0.0769. The molecule has 0 aliphatic heterocycles. The van der Waals surface area contributed by atoms with Gasteiger partial charge in [-0.25, -0.2) is 0 Å². The molecular weight excluding hydrogens is 689 g/mol. The van der Waals surface area contributed by atoms with Gasteiger partial charge in [-0.05, 0) is 172 Å². The van der Waals surface area contributed by atoms with Gasteiger partial charge >= 0.3 is 0 Å². The van der Waals surface area contributed by atoms with E-state index >= 15 is 0 Å². The van der Waals surface area contributed by atoms with Crippen molar-refractivity contribution >= 4 is 21.5 Å². The van der Waals surface area contributed by atoms with Gasteiger partial charge in [-0.1, -0.05) is 139 Å². The average molecular weight is 739 g/mol. The fourth-order valence-electron chi connectivity index (χ4n) is 10.1. The Kier molecular flexibility index (Phi) is 8.14. The maximum absolute atomic E-state index is 5.43. The molecule has 0 radical (unpaired) electrons. The normalized spacial score (nSPS) is 16.1. The first kappa shape index (κ1) is 35.5. The van der Waals surface area contributed by atoms with Crippen molar-refractivity contribution in [2.24, 2.45) is 5.92 Å². The van der Waals surface area contributed by atoms with E-state index in [0.717, 1.165) is 18.6 Å². The maximum atomic E-state index is 5.43. The first-order valence-corrected chi connectivity index (χ1v) is 20.7. The minimum absolute atomic E-state index is 0.0350. The lowest BCUT2D eigenvalue weighted by molar-refractivity contribution is 0.415. The Morgan fingerprint density at radius 1 is 0.439 bits per heavy atom. The molecule has 8 aromatic rings. The van der Waals surface area contributed by atoms with Gasteiger partial charge in [0.2, 0.25) is 0 Å². The first-order chi connectivity index (χ1) is 27.5. The Morgan fingerprint density at radius 2 is 0.825 bits per heavy atom. The second-order valence-electron chi connectivity index (χ2n) is 17.8. The Morgan fingerprint density at radius 3 is 1.30 bits per heavy atom. The summed E-state index contributed by atoms with van der Waals surface area (Å²) >= 11 is 0. The van der Waals surface area contributed by atoms with Crippen molar-refractivity contribution in [3.05, 3.63) is 173 Å². The number of ether oxygens (including phenoxy) is 1. The second kappa shape index (κ2) is 13.1. The van der Waals surface area contributed by atoms with Crippen molar-refractivity contribution < 1.29 is 4.74 Å². The van der Waals surface area contributed by atoms with Crippen LogP contribution in [-0.4, -0.2) is 7.11 Å². The smallest absolute Gasteiger partial charge is 0.119 e. The third kappa shape index (κ3) is 5.66. The molecule has 8 aromatic carbocycles. The summed E-state index contributed by atoms with van der Waals surface area (Å²) in [6.45, 7) is 14.2. The van der Waals surface area contributed by atoms with Gasteiger partial charge in [0.1, 0.15) is 5.75 Å². The predicted molar refractivity (Wildman–Crippen MR) is 243 cm³/mol. The molecule has 1 heteroatoms. The average Bonchev–Trinajstić information content (AvgIpc) is 3.62. The lowest BCUT2D eigenvalue weighted by Crippen LogP contribution is -2.19. The molecule has 1 nitrogen and oxygen atoms in total. The number of hydrogen-bond acceptors (Lipinski definition) is 1. The minimum Gasteiger partial charge on any atom is -0.497 e. The van der Waals surface area contributed by atoms with Gasteiger partial charge in [0.15, 0.2) is 0 Å². The highest BCUT2D eigenvalue weighted by Crippen LogP contribution is 2.54. The van der Waals surface area contributed by atoms with E-state index in [1.807, 2.05) is 6.07 Å². The molecule has 0 saturated heterocycles. The molecule has 2 aliphatic carbocycles. The van der Waals surface area contributed by atoms with Crippen LogP contribution in [0.25, 0.3) is 77.2 Å². The van der Waals surface area contributed by atoms with Crippen molar-refractivity contribution in [1.82, 2.24) is 0 Å². The van der Waals surface area contributed by atoms with E-state index in [2.05, 4.69) is 181 Å². The van der Waals surface area contributed by atoms with Gasteiger partial charge in [-0.15, -0.1) is 0 Å². The largest absolute Gasteiger partial charge is 0.497 e. The molecule has 0 saturated carbocycles. The van der Waals surface area contributed by atoms with Crippen LogP contribution in [0.4, 0.5) is 0 Å². The molecule has 280 valence electrons. The van der Waals surface area contributed by atoms with Crippen molar-refractivity contribution in [1.29, 1.82) is 0 Å². The lowest BCUT2D eigenvalue weighted by Gasteiger charge is -2.27. The van der Waals surface area contributed by atoms with Crippen molar-refractivity contribution in [3.63, 3.8) is 0 Å². The molecule has 0 aromatic heterocycles. The number of benzene rings is 8. The number of fused-ring (bicyclic) bond motifs is 8. The maximum Gasteiger partial charge on any atom is 0.119 e. The highest BCUT2D eigenvalue weighted by molar-refractivity contribution is 5.94. The predicted octanol–water partition coefficient (Wildman–Crippen LogP) is 15.2. The standard InChI is InChI=1S/C56H50O/c1-8-56(6)53-32-44(40-13-12-37-27-36(10-11-38(37)28-40)39-14-15-42-30-46(57-7)20-16-41(42)29-39)18-23-49(53)50-24-19-45(33-54(50)56)43-17-22-48-47-21-9-35(25-34(2)3)26-51(47)55(4,5)52(48)31-43/h9-24,26-34H,8,25H2,1-7H3. The highest BCUT2D eigenvalue weighted by atomic mass is 16.5. The van der Waals surface area contributed by atoms with E-state index in [1.54, 1.807) is 7.11 Å². The van der Waals surface area contributed by atoms with Gasteiger partial charge in [-0.2, -0.15) is 0 Å². The topological polar surface area (TPSA) is 9.23 Å². The second-order valence-corrected chi connectivity index (χ2v) is 17.8. The van der Waals surface area contributed by atoms with E-state index in [9.17, 15) is 0 Å². The van der Waals surface area contributed by atoms with Crippen LogP contribution < -0.4 is 4.74 Å². The third-order valence-electron chi connectivity index (χ3n) is 13.5. The molecule has 57 heavy (non-hydrogen) atoms. The molecule has 0 amide bonds. The third-order valence-corrected chi connectivity index (χ3v) is 13.5. The van der Waals surface area contributed by atoms with Crippen LogP contribution in [0.5, 0.6) is 5.75 Å². The molecule has 0 heterocycles. The fourth-order valence-corrected chi connectivity index (χ4v) is 10.1. The Hall–Kier alpha value is -5.92. The number of hydrogen-bond donors (Lipinski definition) is 0. The van der Waals surface area contributed by atoms with Gasteiger partial charge in [0, 0.05) is 10.8 Å². The van der Waals surface area contributed by atoms with Crippen LogP contribution in [0.3, 0.4) is 0 Å². The summed E-state index contributed by atoms with van der Waals surface area (Å²) in [6.07, 6.45) is 2.15. The summed E-state index contributed by atoms with van der Waals surface area (Å²) < 4.78 is 5.43. The molecular formula is C56H50O. The number of rotatable bonds is 7. The molecule has 1 unspecified atom stereocenters. The molecule has 0 spiro atoms. The monoisotopic (exact) mass is 738 g/mol. The zero-order chi connectivity index (χ0) is 39.2. The van der Waals surface area contributed by atoms with Gasteiger partial charge in [-0.3, -0.25) is 0 Å². The Bertz CT molecular complexity index is 2920. The quantitative estimate of drug-likeness (QED) is 0.158. The highest BCUT2D eigenvalue weighted by Gasteiger charge is 2.39. The van der Waals surface area contributed by atoms with E-state index < -0.39 is 0 Å². The van der Waals surface area contributed by atoms with Gasteiger partial charge in [0.05, 0.1) is 7.11 Å². The summed E-state index contributed by atoms with van der Waals surface area (Å²) in [5.41, 5.74) is 20.2. The zero-order valence-electron chi connectivity index (χ0n) is 34.3. The molecule has 0 bridgehead atoms. The van der Waals surface area contributed by atoms with E-state index in [1.165, 1.54) is 105 Å². The molecule has 2 aliphatic rings. The van der Waals surface area contributed by atoms with Crippen LogP contribution in [0.15, 0.2) is 146 Å². The molecule has 10 rings (SSSR count). The summed E-state index contributed by atoms with van der Waals surface area (Å²) in [4.78, 5) is 0.